The van der Waals surface area contributed by atoms with Crippen LogP contribution in [0.1, 0.15) is 34.6 Å². The van der Waals surface area contributed by atoms with Crippen LogP contribution in [0.3, 0.4) is 0 Å². The predicted molar refractivity (Wildman–Crippen MR) is 164 cm³/mol. The van der Waals surface area contributed by atoms with Gasteiger partial charge in [0.05, 0.1) is 10.7 Å². The van der Waals surface area contributed by atoms with E-state index in [-0.39, 0.29) is 17.7 Å². The number of aromatic amines is 1. The number of piperidine rings is 1. The molecule has 2 aromatic heterocycles. The van der Waals surface area contributed by atoms with Crippen LogP contribution < -0.4 is 5.32 Å². The van der Waals surface area contributed by atoms with Gasteiger partial charge in [-0.05, 0) is 69.6 Å². The van der Waals surface area contributed by atoms with Crippen LogP contribution in [0, 0.1) is 12.8 Å². The summed E-state index contributed by atoms with van der Waals surface area (Å²) in [4.78, 5) is 42.3. The summed E-state index contributed by atoms with van der Waals surface area (Å²) in [7, 11) is 3.89. The molecule has 3 heterocycles. The van der Waals surface area contributed by atoms with Crippen molar-refractivity contribution in [1.82, 2.24) is 24.8 Å². The van der Waals surface area contributed by atoms with Crippen molar-refractivity contribution in [1.29, 1.82) is 0 Å². The number of fused-ring (bicyclic) bond motifs is 1. The third-order valence-corrected chi connectivity index (χ3v) is 7.66. The molecule has 0 aliphatic carbocycles. The quantitative estimate of drug-likeness (QED) is 0.264. The third kappa shape index (κ3) is 6.84. The molecule has 1 fully saturated rings. The van der Waals surface area contributed by atoms with Crippen molar-refractivity contribution in [2.75, 3.05) is 39.0 Å². The number of carbonyl (C=O) groups excluding carboxylic acids is 2. The summed E-state index contributed by atoms with van der Waals surface area (Å²) in [6.45, 7) is 3.94. The fourth-order valence-electron chi connectivity index (χ4n) is 5.34. The zero-order valence-electron chi connectivity index (χ0n) is 23.7. The Balaban J connectivity index is 1.25. The molecule has 41 heavy (non-hydrogen) atoms. The standard InChI is InChI=1S/C32H35ClN6O2/c1-21-16-23(36-30(40)11-7-14-38(2)3)12-13-24(21)32(41)39-15-6-8-22(20-39)17-29-35-19-27(33)31(37-29)26-18-34-28-10-5-4-9-25(26)28/h4-5,7,9-13,16,18-19,22,34H,6,8,14-15,17,20H2,1-3H3,(H,36,40)/b11-7+. The lowest BCUT2D eigenvalue weighted by Crippen LogP contribution is -2.41. The van der Waals surface area contributed by atoms with E-state index >= 15 is 0 Å². The van der Waals surface area contributed by atoms with Crippen LogP contribution >= 0.6 is 11.6 Å². The number of amides is 2. The van der Waals surface area contributed by atoms with Gasteiger partial charge < -0.3 is 20.1 Å². The van der Waals surface area contributed by atoms with E-state index in [1.54, 1.807) is 18.3 Å². The lowest BCUT2D eigenvalue weighted by molar-refractivity contribution is -0.111. The number of anilines is 1. The van der Waals surface area contributed by atoms with E-state index in [2.05, 4.69) is 21.4 Å². The molecule has 0 spiro atoms. The van der Waals surface area contributed by atoms with Crippen LogP contribution in [0.5, 0.6) is 0 Å². The Morgan fingerprint density at radius 2 is 2.05 bits per heavy atom. The Kier molecular flexibility index (Phi) is 8.81. The largest absolute Gasteiger partial charge is 0.360 e. The Morgan fingerprint density at radius 1 is 1.22 bits per heavy atom. The number of aryl methyl sites for hydroxylation is 1. The highest BCUT2D eigenvalue weighted by molar-refractivity contribution is 6.33. The first kappa shape index (κ1) is 28.5. The van der Waals surface area contributed by atoms with E-state index in [1.165, 1.54) is 6.08 Å². The Hall–Kier alpha value is -4.01. The fourth-order valence-corrected chi connectivity index (χ4v) is 5.53. The topological polar surface area (TPSA) is 94.2 Å². The number of likely N-dealkylation sites (N-methyl/N-ethyl adjacent to an activating group) is 1. The van der Waals surface area contributed by atoms with E-state index in [0.29, 0.717) is 48.0 Å². The highest BCUT2D eigenvalue weighted by Gasteiger charge is 2.26. The number of hydrogen-bond acceptors (Lipinski definition) is 5. The Bertz CT molecular complexity index is 1590. The molecule has 0 bridgehead atoms. The number of para-hydroxylation sites is 1. The maximum Gasteiger partial charge on any atom is 0.254 e. The van der Waals surface area contributed by atoms with Gasteiger partial charge in [-0.2, -0.15) is 0 Å². The van der Waals surface area contributed by atoms with Crippen LogP contribution in [0.4, 0.5) is 5.69 Å². The Morgan fingerprint density at radius 3 is 2.85 bits per heavy atom. The van der Waals surface area contributed by atoms with E-state index in [4.69, 9.17) is 16.6 Å². The van der Waals surface area contributed by atoms with Crippen molar-refractivity contribution in [2.45, 2.75) is 26.2 Å². The summed E-state index contributed by atoms with van der Waals surface area (Å²) in [5.41, 5.74) is 4.85. The highest BCUT2D eigenvalue weighted by Crippen LogP contribution is 2.32. The first-order valence-electron chi connectivity index (χ1n) is 13.9. The first-order chi connectivity index (χ1) is 19.8. The third-order valence-electron chi connectivity index (χ3n) is 7.38. The average molecular weight is 571 g/mol. The normalized spacial score (nSPS) is 15.6. The van der Waals surface area contributed by atoms with Crippen LogP contribution in [0.2, 0.25) is 5.02 Å². The zero-order valence-corrected chi connectivity index (χ0v) is 24.4. The van der Waals surface area contributed by atoms with Crippen molar-refractivity contribution < 1.29 is 9.59 Å². The lowest BCUT2D eigenvalue weighted by Gasteiger charge is -2.33. The van der Waals surface area contributed by atoms with Crippen molar-refractivity contribution in [2.24, 2.45) is 5.92 Å². The van der Waals surface area contributed by atoms with Crippen LogP contribution in [0.25, 0.3) is 22.2 Å². The van der Waals surface area contributed by atoms with Gasteiger partial charge in [-0.1, -0.05) is 35.9 Å². The maximum atomic E-state index is 13.5. The van der Waals surface area contributed by atoms with Gasteiger partial charge in [0.1, 0.15) is 5.82 Å². The summed E-state index contributed by atoms with van der Waals surface area (Å²) in [6, 6.07) is 13.5. The molecule has 1 aliphatic rings. The second-order valence-corrected chi connectivity index (χ2v) is 11.3. The summed E-state index contributed by atoms with van der Waals surface area (Å²) in [5.74, 6) is 0.788. The molecule has 1 unspecified atom stereocenters. The molecule has 2 amide bonds. The van der Waals surface area contributed by atoms with E-state index in [1.807, 2.05) is 67.4 Å². The first-order valence-corrected chi connectivity index (χ1v) is 14.3. The number of aromatic nitrogens is 3. The Labute approximate surface area is 245 Å². The number of hydrogen-bond donors (Lipinski definition) is 2. The van der Waals surface area contributed by atoms with Crippen molar-refractivity contribution in [3.63, 3.8) is 0 Å². The number of rotatable bonds is 8. The molecule has 8 nitrogen and oxygen atoms in total. The smallest absolute Gasteiger partial charge is 0.254 e. The average Bonchev–Trinajstić information content (AvgIpc) is 3.38. The van der Waals surface area contributed by atoms with Crippen molar-refractivity contribution in [3.05, 3.63) is 89.0 Å². The minimum atomic E-state index is -0.193. The molecular formula is C32H35ClN6O2. The molecule has 5 rings (SSSR count). The summed E-state index contributed by atoms with van der Waals surface area (Å²) in [5, 5.41) is 4.45. The molecule has 2 aromatic carbocycles. The monoisotopic (exact) mass is 570 g/mol. The van der Waals surface area contributed by atoms with Gasteiger partial charge >= 0.3 is 0 Å². The van der Waals surface area contributed by atoms with Crippen molar-refractivity contribution in [3.8, 4) is 11.3 Å². The molecule has 1 aliphatic heterocycles. The van der Waals surface area contributed by atoms with Gasteiger partial charge in [0, 0.05) is 72.2 Å². The molecule has 4 aromatic rings. The molecule has 2 N–H and O–H groups in total. The summed E-state index contributed by atoms with van der Waals surface area (Å²) >= 11 is 6.53. The van der Waals surface area contributed by atoms with E-state index < -0.39 is 0 Å². The van der Waals surface area contributed by atoms with Gasteiger partial charge in [0.2, 0.25) is 5.91 Å². The second-order valence-electron chi connectivity index (χ2n) is 10.9. The van der Waals surface area contributed by atoms with Gasteiger partial charge in [-0.3, -0.25) is 9.59 Å². The summed E-state index contributed by atoms with van der Waals surface area (Å²) in [6.07, 6.45) is 9.54. The van der Waals surface area contributed by atoms with Crippen LogP contribution in [-0.4, -0.2) is 70.3 Å². The number of carbonyl (C=O) groups is 2. The number of nitrogens with zero attached hydrogens (tertiary/aromatic N) is 4. The summed E-state index contributed by atoms with van der Waals surface area (Å²) < 4.78 is 0. The number of halogens is 1. The maximum absolute atomic E-state index is 13.5. The number of H-pyrrole nitrogens is 1. The lowest BCUT2D eigenvalue weighted by atomic mass is 9.93. The van der Waals surface area contributed by atoms with Gasteiger partial charge in [0.15, 0.2) is 0 Å². The van der Waals surface area contributed by atoms with Gasteiger partial charge in [-0.25, -0.2) is 9.97 Å². The molecule has 1 saturated heterocycles. The van der Waals surface area contributed by atoms with E-state index in [9.17, 15) is 9.59 Å². The number of nitrogens with one attached hydrogen (secondary N) is 2. The molecule has 9 heteroatoms. The second kappa shape index (κ2) is 12.7. The number of likely N-dealkylation sites (tertiary alicyclic amines) is 1. The van der Waals surface area contributed by atoms with Gasteiger partial charge in [0.25, 0.3) is 5.91 Å². The molecule has 212 valence electrons. The number of benzene rings is 2. The van der Waals surface area contributed by atoms with Gasteiger partial charge in [-0.15, -0.1) is 0 Å². The predicted octanol–water partition coefficient (Wildman–Crippen LogP) is 5.74. The van der Waals surface area contributed by atoms with Crippen molar-refractivity contribution >= 4 is 40.0 Å². The minimum Gasteiger partial charge on any atom is -0.360 e. The van der Waals surface area contributed by atoms with Crippen LogP contribution in [0.15, 0.2) is 67.0 Å². The highest BCUT2D eigenvalue weighted by atomic mass is 35.5. The zero-order chi connectivity index (χ0) is 28.9. The van der Waals surface area contributed by atoms with E-state index in [0.717, 1.165) is 40.7 Å². The van der Waals surface area contributed by atoms with Crippen LogP contribution in [-0.2, 0) is 11.2 Å². The molecule has 0 radical (unpaired) electrons. The SMILES string of the molecule is Cc1cc(NC(=O)/C=C/CN(C)C)ccc1C(=O)N1CCCC(Cc2ncc(Cl)c(-c3c[nH]c4ccccc34)n2)C1. The molecule has 1 atom stereocenters. The molecular weight excluding hydrogens is 536 g/mol. The minimum absolute atomic E-state index is 0.00691. The fraction of sp³-hybridized carbons (Fsp3) is 0.312. The molecule has 0 saturated carbocycles.